The standard InChI is InChI=1S/C12H10O2.HO3P/c13-11-8-4-7-10(12(11)14)9-5-2-1-3-6-9;1-4(2)3/h1-8,13-14H;(H-,1,2,3)/p+1. The summed E-state index contributed by atoms with van der Waals surface area (Å²) in [4.78, 5) is 14.2. The molecule has 0 radical (unpaired) electrons. The van der Waals surface area contributed by atoms with Crippen LogP contribution in [-0.2, 0) is 4.57 Å². The van der Waals surface area contributed by atoms with Crippen molar-refractivity contribution in [3.8, 4) is 22.6 Å². The molecule has 18 heavy (non-hydrogen) atoms. The third kappa shape index (κ3) is 4.14. The quantitative estimate of drug-likeness (QED) is 0.470. The molecule has 0 heterocycles. The van der Waals surface area contributed by atoms with E-state index in [0.717, 1.165) is 5.56 Å². The number of rotatable bonds is 1. The predicted octanol–water partition coefficient (Wildman–Crippen LogP) is 2.39. The van der Waals surface area contributed by atoms with E-state index in [1.807, 2.05) is 30.3 Å². The highest BCUT2D eigenvalue weighted by Crippen LogP contribution is 2.35. The van der Waals surface area contributed by atoms with Crippen LogP contribution in [0, 0.1) is 0 Å². The second-order valence-corrected chi connectivity index (χ2v) is 3.80. The Bertz CT molecular complexity index is 523. The maximum absolute atomic E-state index is 9.60. The van der Waals surface area contributed by atoms with Crippen LogP contribution in [0.2, 0.25) is 0 Å². The molecule has 4 N–H and O–H groups in total. The van der Waals surface area contributed by atoms with E-state index in [4.69, 9.17) is 14.4 Å². The van der Waals surface area contributed by atoms with E-state index in [9.17, 15) is 10.2 Å². The van der Waals surface area contributed by atoms with Gasteiger partial charge in [-0.1, -0.05) is 42.5 Å². The van der Waals surface area contributed by atoms with E-state index in [0.29, 0.717) is 5.56 Å². The van der Waals surface area contributed by atoms with Crippen molar-refractivity contribution in [1.29, 1.82) is 0 Å². The first-order valence-electron chi connectivity index (χ1n) is 4.93. The van der Waals surface area contributed by atoms with E-state index in [1.165, 1.54) is 6.07 Å². The van der Waals surface area contributed by atoms with Crippen molar-refractivity contribution in [3.05, 3.63) is 48.5 Å². The number of benzene rings is 2. The Labute approximate surface area is 105 Å². The van der Waals surface area contributed by atoms with Gasteiger partial charge in [0.15, 0.2) is 11.5 Å². The normalized spacial score (nSPS) is 9.22. The number of hydrogen-bond acceptors (Lipinski definition) is 3. The van der Waals surface area contributed by atoms with Crippen LogP contribution in [0.25, 0.3) is 11.1 Å². The molecular formula is C12H12O5P+. The summed E-state index contributed by atoms with van der Waals surface area (Å²) < 4.78 is 8.70. The van der Waals surface area contributed by atoms with E-state index in [-0.39, 0.29) is 11.5 Å². The zero-order chi connectivity index (χ0) is 13.5. The van der Waals surface area contributed by atoms with Crippen molar-refractivity contribution in [3.63, 3.8) is 0 Å². The summed E-state index contributed by atoms with van der Waals surface area (Å²) in [5, 5.41) is 18.9. The average Bonchev–Trinajstić information content (AvgIpc) is 2.33. The first-order chi connectivity index (χ1) is 8.52. The summed E-state index contributed by atoms with van der Waals surface area (Å²) in [7, 11) is -2.87. The average molecular weight is 267 g/mol. The lowest BCUT2D eigenvalue weighted by Crippen LogP contribution is -1.78. The van der Waals surface area contributed by atoms with Gasteiger partial charge in [-0.05, 0) is 11.6 Å². The molecule has 0 aliphatic rings. The van der Waals surface area contributed by atoms with Crippen LogP contribution in [0.5, 0.6) is 11.5 Å². The molecule has 0 atom stereocenters. The first-order valence-corrected chi connectivity index (χ1v) is 6.10. The smallest absolute Gasteiger partial charge is 0.504 e. The van der Waals surface area contributed by atoms with Crippen molar-refractivity contribution in [1.82, 2.24) is 0 Å². The largest absolute Gasteiger partial charge is 0.692 e. The molecule has 0 aliphatic carbocycles. The number of phenols is 2. The van der Waals surface area contributed by atoms with Crippen molar-refractivity contribution in [2.24, 2.45) is 0 Å². The van der Waals surface area contributed by atoms with Crippen LogP contribution < -0.4 is 0 Å². The number of phenolic OH excluding ortho intramolecular Hbond substituents is 2. The monoisotopic (exact) mass is 267 g/mol. The van der Waals surface area contributed by atoms with E-state index >= 15 is 0 Å². The molecule has 0 bridgehead atoms. The van der Waals surface area contributed by atoms with Gasteiger partial charge in [0.25, 0.3) is 0 Å². The summed E-state index contributed by atoms with van der Waals surface area (Å²) in [5.74, 6) is -0.162. The second-order valence-electron chi connectivity index (χ2n) is 3.29. The highest BCUT2D eigenvalue weighted by atomic mass is 31.1. The molecule has 2 aromatic rings. The lowest BCUT2D eigenvalue weighted by Gasteiger charge is -2.05. The van der Waals surface area contributed by atoms with E-state index < -0.39 is 8.25 Å². The molecule has 0 saturated carbocycles. The third-order valence-electron chi connectivity index (χ3n) is 2.10. The molecule has 0 saturated heterocycles. The topological polar surface area (TPSA) is 98.0 Å². The summed E-state index contributed by atoms with van der Waals surface area (Å²) in [5.41, 5.74) is 1.53. The minimum Gasteiger partial charge on any atom is -0.504 e. The molecule has 2 aromatic carbocycles. The fourth-order valence-electron chi connectivity index (χ4n) is 1.38. The van der Waals surface area contributed by atoms with Gasteiger partial charge < -0.3 is 10.2 Å². The Morgan fingerprint density at radius 2 is 1.39 bits per heavy atom. The van der Waals surface area contributed by atoms with Gasteiger partial charge in [0, 0.05) is 10.1 Å². The van der Waals surface area contributed by atoms with Crippen molar-refractivity contribution >= 4 is 8.25 Å². The molecule has 0 amide bonds. The number of aromatic hydroxyl groups is 2. The summed E-state index contributed by atoms with van der Waals surface area (Å²) in [6.07, 6.45) is 0. The highest BCUT2D eigenvalue weighted by Gasteiger charge is 2.06. The Balaban J connectivity index is 0.000000357. The van der Waals surface area contributed by atoms with Gasteiger partial charge in [-0.15, -0.1) is 9.79 Å². The molecule has 2 rings (SSSR count). The van der Waals surface area contributed by atoms with Gasteiger partial charge >= 0.3 is 8.25 Å². The highest BCUT2D eigenvalue weighted by molar-refractivity contribution is 7.30. The van der Waals surface area contributed by atoms with E-state index in [1.54, 1.807) is 12.1 Å². The minimum absolute atomic E-state index is 0.0706. The molecular weight excluding hydrogens is 255 g/mol. The van der Waals surface area contributed by atoms with Crippen LogP contribution in [0.1, 0.15) is 0 Å². The summed E-state index contributed by atoms with van der Waals surface area (Å²) in [6.45, 7) is 0. The van der Waals surface area contributed by atoms with Crippen LogP contribution in [0.4, 0.5) is 0 Å². The van der Waals surface area contributed by atoms with Gasteiger partial charge in [0.2, 0.25) is 0 Å². The first kappa shape index (κ1) is 14.1. The molecule has 0 aromatic heterocycles. The molecule has 5 nitrogen and oxygen atoms in total. The number of hydrogen-bond donors (Lipinski definition) is 4. The maximum atomic E-state index is 9.60. The van der Waals surface area contributed by atoms with Gasteiger partial charge in [0.05, 0.1) is 0 Å². The third-order valence-corrected chi connectivity index (χ3v) is 2.10. The van der Waals surface area contributed by atoms with Gasteiger partial charge in [-0.3, -0.25) is 0 Å². The molecule has 0 fully saturated rings. The SMILES string of the molecule is O=[P+](O)O.Oc1cccc(-c2ccccc2)c1O. The predicted molar refractivity (Wildman–Crippen MR) is 67.3 cm³/mol. The van der Waals surface area contributed by atoms with Crippen molar-refractivity contribution in [2.75, 3.05) is 0 Å². The zero-order valence-electron chi connectivity index (χ0n) is 9.26. The van der Waals surface area contributed by atoms with Crippen LogP contribution >= 0.6 is 8.25 Å². The molecule has 6 heteroatoms. The summed E-state index contributed by atoms with van der Waals surface area (Å²) in [6, 6.07) is 14.4. The molecule has 94 valence electrons. The molecule has 0 unspecified atom stereocenters. The van der Waals surface area contributed by atoms with Gasteiger partial charge in [-0.2, -0.15) is 0 Å². The lowest BCUT2D eigenvalue weighted by molar-refractivity contribution is 0.405. The Kier molecular flexibility index (Phi) is 5.27. The Morgan fingerprint density at radius 3 is 1.94 bits per heavy atom. The summed E-state index contributed by atoms with van der Waals surface area (Å²) >= 11 is 0. The Morgan fingerprint density at radius 1 is 0.833 bits per heavy atom. The minimum atomic E-state index is -2.87. The second kappa shape index (κ2) is 6.71. The van der Waals surface area contributed by atoms with E-state index in [2.05, 4.69) is 0 Å². The van der Waals surface area contributed by atoms with Crippen molar-refractivity contribution in [2.45, 2.75) is 0 Å². The van der Waals surface area contributed by atoms with Gasteiger partial charge in [-0.25, -0.2) is 0 Å². The maximum Gasteiger partial charge on any atom is 0.692 e. The molecule has 0 spiro atoms. The fraction of sp³-hybridized carbons (Fsp3) is 0. The van der Waals surface area contributed by atoms with Gasteiger partial charge in [0.1, 0.15) is 0 Å². The molecule has 0 aliphatic heterocycles. The van der Waals surface area contributed by atoms with Crippen molar-refractivity contribution < 1.29 is 24.6 Å². The fourth-order valence-corrected chi connectivity index (χ4v) is 1.38. The number of para-hydroxylation sites is 1. The lowest BCUT2D eigenvalue weighted by atomic mass is 10.0. The Hall–Kier alpha value is -1.94. The van der Waals surface area contributed by atoms with Crippen LogP contribution in [0.3, 0.4) is 0 Å². The van der Waals surface area contributed by atoms with Crippen LogP contribution in [-0.4, -0.2) is 20.0 Å². The zero-order valence-corrected chi connectivity index (χ0v) is 10.2. The van der Waals surface area contributed by atoms with Crippen LogP contribution in [0.15, 0.2) is 48.5 Å².